The smallest absolute Gasteiger partial charge is 0.326 e. The van der Waals surface area contributed by atoms with Crippen LogP contribution in [0.2, 0.25) is 0 Å². The van der Waals surface area contributed by atoms with Crippen molar-refractivity contribution in [2.75, 3.05) is 11.4 Å². The fraction of sp³-hybridized carbons (Fsp3) is 0.469. The Morgan fingerprint density at radius 1 is 1.08 bits per heavy atom. The maximum Gasteiger partial charge on any atom is 0.326 e. The Balaban J connectivity index is 1.84. The molecule has 1 saturated heterocycles. The molecule has 1 fully saturated rings. The number of piperidine rings is 1. The molecule has 0 aliphatic carbocycles. The quantitative estimate of drug-likeness (QED) is 0.330. The molecule has 1 unspecified atom stereocenters. The summed E-state index contributed by atoms with van der Waals surface area (Å²) in [6.45, 7) is 13.6. The zero-order chi connectivity index (χ0) is 27.4. The Hall–Kier alpha value is -3.41. The standard InChI is InChI=1S/C32H41N3O3/c1-7-23-12-11-13-24(8-2)29(23)30-33-22(6)26(19-38-28-18-25(20(3)4)16-15-21(28)5)31(34-30)35-17-10-9-14-27(35)32(36)37/h11-13,15-16,18,20,27H,7-10,14,17,19H2,1-6H3,(H,36,37). The van der Waals surface area contributed by atoms with Crippen LogP contribution in [0.1, 0.15) is 86.4 Å². The van der Waals surface area contributed by atoms with Gasteiger partial charge in [0.15, 0.2) is 5.82 Å². The summed E-state index contributed by atoms with van der Waals surface area (Å²) in [7, 11) is 0. The molecular formula is C32H41N3O3. The molecule has 1 aromatic heterocycles. The molecule has 0 radical (unpaired) electrons. The highest BCUT2D eigenvalue weighted by molar-refractivity contribution is 5.79. The predicted octanol–water partition coefficient (Wildman–Crippen LogP) is 7.03. The van der Waals surface area contributed by atoms with Crippen LogP contribution in [0.4, 0.5) is 5.82 Å². The number of benzene rings is 2. The van der Waals surface area contributed by atoms with Gasteiger partial charge < -0.3 is 14.7 Å². The zero-order valence-corrected chi connectivity index (χ0v) is 23.7. The van der Waals surface area contributed by atoms with Gasteiger partial charge in [0, 0.05) is 12.1 Å². The fourth-order valence-electron chi connectivity index (χ4n) is 5.35. The molecular weight excluding hydrogens is 474 g/mol. The van der Waals surface area contributed by atoms with Crippen LogP contribution in [0.25, 0.3) is 11.4 Å². The Bertz CT molecular complexity index is 1280. The summed E-state index contributed by atoms with van der Waals surface area (Å²) in [6, 6.07) is 12.1. The van der Waals surface area contributed by atoms with E-state index >= 15 is 0 Å². The largest absolute Gasteiger partial charge is 0.488 e. The number of aliphatic carboxylic acids is 1. The van der Waals surface area contributed by atoms with E-state index < -0.39 is 12.0 Å². The van der Waals surface area contributed by atoms with Crippen LogP contribution in [0.5, 0.6) is 5.75 Å². The first kappa shape index (κ1) is 27.6. The molecule has 1 N–H and O–H groups in total. The zero-order valence-electron chi connectivity index (χ0n) is 23.7. The van der Waals surface area contributed by atoms with E-state index in [1.807, 2.05) is 18.7 Å². The summed E-state index contributed by atoms with van der Waals surface area (Å²) >= 11 is 0. The van der Waals surface area contributed by atoms with Crippen molar-refractivity contribution >= 4 is 11.8 Å². The van der Waals surface area contributed by atoms with Crippen molar-refractivity contribution in [3.63, 3.8) is 0 Å². The van der Waals surface area contributed by atoms with Gasteiger partial charge in [-0.3, -0.25) is 0 Å². The highest BCUT2D eigenvalue weighted by atomic mass is 16.5. The van der Waals surface area contributed by atoms with Gasteiger partial charge in [0.1, 0.15) is 24.2 Å². The molecule has 4 rings (SSSR count). The number of carboxylic acids is 1. The maximum absolute atomic E-state index is 12.3. The van der Waals surface area contributed by atoms with Gasteiger partial charge in [0.2, 0.25) is 0 Å². The van der Waals surface area contributed by atoms with Gasteiger partial charge in [-0.25, -0.2) is 14.8 Å². The van der Waals surface area contributed by atoms with E-state index in [2.05, 4.69) is 64.1 Å². The molecule has 2 aromatic carbocycles. The molecule has 6 nitrogen and oxygen atoms in total. The number of carbonyl (C=O) groups is 1. The first-order valence-corrected chi connectivity index (χ1v) is 14.0. The summed E-state index contributed by atoms with van der Waals surface area (Å²) in [5, 5.41) is 10.1. The van der Waals surface area contributed by atoms with Gasteiger partial charge in [-0.2, -0.15) is 0 Å². The van der Waals surface area contributed by atoms with E-state index in [0.29, 0.717) is 30.5 Å². The molecule has 38 heavy (non-hydrogen) atoms. The maximum atomic E-state index is 12.3. The van der Waals surface area contributed by atoms with Gasteiger partial charge in [-0.05, 0) is 80.2 Å². The number of nitrogens with zero attached hydrogens (tertiary/aromatic N) is 3. The number of hydrogen-bond donors (Lipinski definition) is 1. The molecule has 1 atom stereocenters. The number of rotatable bonds is 9. The molecule has 1 aliphatic heterocycles. The third-order valence-electron chi connectivity index (χ3n) is 7.73. The van der Waals surface area contributed by atoms with E-state index in [4.69, 9.17) is 14.7 Å². The van der Waals surface area contributed by atoms with Crippen LogP contribution >= 0.6 is 0 Å². The normalized spacial score (nSPS) is 15.7. The minimum absolute atomic E-state index is 0.280. The number of hydrogen-bond acceptors (Lipinski definition) is 5. The van der Waals surface area contributed by atoms with Gasteiger partial charge in [-0.1, -0.05) is 58.0 Å². The van der Waals surface area contributed by atoms with E-state index in [1.165, 1.54) is 16.7 Å². The lowest BCUT2D eigenvalue weighted by atomic mass is 9.96. The average Bonchev–Trinajstić information content (AvgIpc) is 2.92. The molecule has 1 aliphatic rings. The Labute approximate surface area is 227 Å². The first-order chi connectivity index (χ1) is 18.2. The van der Waals surface area contributed by atoms with Crippen LogP contribution in [0.15, 0.2) is 36.4 Å². The molecule has 0 bridgehead atoms. The van der Waals surface area contributed by atoms with Gasteiger partial charge in [0.05, 0.1) is 11.3 Å². The minimum Gasteiger partial charge on any atom is -0.488 e. The fourth-order valence-corrected chi connectivity index (χ4v) is 5.35. The van der Waals surface area contributed by atoms with Crippen molar-refractivity contribution in [3.05, 3.63) is 69.9 Å². The molecule has 0 saturated carbocycles. The van der Waals surface area contributed by atoms with Crippen LogP contribution < -0.4 is 9.64 Å². The minimum atomic E-state index is -0.807. The summed E-state index contributed by atoms with van der Waals surface area (Å²) in [5.74, 6) is 1.78. The number of aromatic nitrogens is 2. The lowest BCUT2D eigenvalue weighted by molar-refractivity contribution is -0.139. The highest BCUT2D eigenvalue weighted by Gasteiger charge is 2.32. The number of aryl methyl sites for hydroxylation is 4. The van der Waals surface area contributed by atoms with E-state index in [9.17, 15) is 9.90 Å². The first-order valence-electron chi connectivity index (χ1n) is 14.0. The molecule has 2 heterocycles. The SMILES string of the molecule is CCc1cccc(CC)c1-c1nc(C)c(COc2cc(C(C)C)ccc2C)c(N2CCCCC2C(=O)O)n1. The average molecular weight is 516 g/mol. The third kappa shape index (κ3) is 5.69. The summed E-state index contributed by atoms with van der Waals surface area (Å²) in [6.07, 6.45) is 4.19. The van der Waals surface area contributed by atoms with Crippen molar-refractivity contribution in [3.8, 4) is 17.1 Å². The van der Waals surface area contributed by atoms with Crippen molar-refractivity contribution in [1.29, 1.82) is 0 Å². The molecule has 202 valence electrons. The Morgan fingerprint density at radius 3 is 2.42 bits per heavy atom. The lowest BCUT2D eigenvalue weighted by Gasteiger charge is -2.35. The van der Waals surface area contributed by atoms with Crippen LogP contribution in [0, 0.1) is 13.8 Å². The molecule has 0 spiro atoms. The molecule has 0 amide bonds. The van der Waals surface area contributed by atoms with Crippen molar-refractivity contribution < 1.29 is 14.6 Å². The van der Waals surface area contributed by atoms with Crippen molar-refractivity contribution in [1.82, 2.24) is 9.97 Å². The summed E-state index contributed by atoms with van der Waals surface area (Å²) < 4.78 is 6.40. The van der Waals surface area contributed by atoms with E-state index in [0.717, 1.165) is 53.8 Å². The van der Waals surface area contributed by atoms with Crippen LogP contribution in [-0.4, -0.2) is 33.6 Å². The van der Waals surface area contributed by atoms with Gasteiger partial charge >= 0.3 is 5.97 Å². The lowest BCUT2D eigenvalue weighted by Crippen LogP contribution is -2.46. The Morgan fingerprint density at radius 2 is 1.79 bits per heavy atom. The molecule has 3 aromatic rings. The predicted molar refractivity (Wildman–Crippen MR) is 153 cm³/mol. The summed E-state index contributed by atoms with van der Waals surface area (Å²) in [5.41, 5.74) is 7.44. The van der Waals surface area contributed by atoms with Crippen molar-refractivity contribution in [2.24, 2.45) is 0 Å². The second kappa shape index (κ2) is 12.0. The Kier molecular flexibility index (Phi) is 8.70. The molecule has 6 heteroatoms. The van der Waals surface area contributed by atoms with Gasteiger partial charge in [0.25, 0.3) is 0 Å². The highest BCUT2D eigenvalue weighted by Crippen LogP contribution is 2.34. The van der Waals surface area contributed by atoms with Crippen LogP contribution in [-0.2, 0) is 24.2 Å². The van der Waals surface area contributed by atoms with Gasteiger partial charge in [-0.15, -0.1) is 0 Å². The number of carboxylic acid groups (broad SMARTS) is 1. The summed E-state index contributed by atoms with van der Waals surface area (Å²) in [4.78, 5) is 24.4. The van der Waals surface area contributed by atoms with Crippen molar-refractivity contribution in [2.45, 2.75) is 92.2 Å². The topological polar surface area (TPSA) is 75.5 Å². The number of anilines is 1. The monoisotopic (exact) mass is 515 g/mol. The third-order valence-corrected chi connectivity index (χ3v) is 7.73. The number of ether oxygens (including phenoxy) is 1. The van der Waals surface area contributed by atoms with E-state index in [-0.39, 0.29) is 6.61 Å². The van der Waals surface area contributed by atoms with E-state index in [1.54, 1.807) is 0 Å². The second-order valence-corrected chi connectivity index (χ2v) is 10.6. The van der Waals surface area contributed by atoms with Crippen LogP contribution in [0.3, 0.4) is 0 Å². The second-order valence-electron chi connectivity index (χ2n) is 10.6.